The van der Waals surface area contributed by atoms with Gasteiger partial charge in [0.25, 0.3) is 5.56 Å². The van der Waals surface area contributed by atoms with Crippen molar-refractivity contribution in [2.24, 2.45) is 0 Å². The molecule has 1 N–H and O–H groups in total. The molecule has 0 aliphatic rings. The van der Waals surface area contributed by atoms with Gasteiger partial charge in [0.2, 0.25) is 0 Å². The lowest BCUT2D eigenvalue weighted by atomic mass is 10.3. The monoisotopic (exact) mass is 326 g/mol. The predicted molar refractivity (Wildman–Crippen MR) is 79.1 cm³/mol. The molecule has 0 radical (unpaired) electrons. The van der Waals surface area contributed by atoms with E-state index in [2.05, 4.69) is 45.7 Å². The summed E-state index contributed by atoms with van der Waals surface area (Å²) in [6.07, 6.45) is 1.82. The van der Waals surface area contributed by atoms with E-state index in [-0.39, 0.29) is 5.56 Å². The molecular formula is C13H15BrN2OS. The highest BCUT2D eigenvalue weighted by Crippen LogP contribution is 2.17. The highest BCUT2D eigenvalue weighted by Gasteiger charge is 2.05. The molecule has 0 fully saturated rings. The van der Waals surface area contributed by atoms with Crippen LogP contribution in [0, 0.1) is 0 Å². The van der Waals surface area contributed by atoms with Crippen molar-refractivity contribution < 1.29 is 0 Å². The third-order valence-corrected chi connectivity index (χ3v) is 4.24. The fourth-order valence-electron chi connectivity index (χ4n) is 1.72. The van der Waals surface area contributed by atoms with Gasteiger partial charge in [-0.1, -0.05) is 6.07 Å². The van der Waals surface area contributed by atoms with Crippen LogP contribution in [0.5, 0.6) is 0 Å². The Balaban J connectivity index is 1.89. The molecule has 3 nitrogen and oxygen atoms in total. The van der Waals surface area contributed by atoms with Gasteiger partial charge in [-0.05, 0) is 40.4 Å². The van der Waals surface area contributed by atoms with E-state index in [1.165, 1.54) is 4.88 Å². The van der Waals surface area contributed by atoms with Gasteiger partial charge in [-0.3, -0.25) is 4.79 Å². The van der Waals surface area contributed by atoms with Gasteiger partial charge < -0.3 is 9.88 Å². The van der Waals surface area contributed by atoms with Crippen molar-refractivity contribution in [2.45, 2.75) is 19.5 Å². The Bertz CT molecular complexity index is 550. The average molecular weight is 327 g/mol. The van der Waals surface area contributed by atoms with Crippen LogP contribution in [0.15, 0.2) is 45.1 Å². The van der Waals surface area contributed by atoms with Crippen molar-refractivity contribution in [1.82, 2.24) is 9.88 Å². The topological polar surface area (TPSA) is 34.0 Å². The zero-order valence-corrected chi connectivity index (χ0v) is 12.5. The molecule has 0 aliphatic carbocycles. The summed E-state index contributed by atoms with van der Waals surface area (Å²) in [4.78, 5) is 12.9. The molecule has 18 heavy (non-hydrogen) atoms. The fraction of sp³-hybridized carbons (Fsp3) is 0.308. The molecule has 0 amide bonds. The first-order valence-electron chi connectivity index (χ1n) is 5.79. The van der Waals surface area contributed by atoms with Crippen LogP contribution < -0.4 is 10.9 Å². The van der Waals surface area contributed by atoms with Crippen molar-refractivity contribution in [2.75, 3.05) is 6.54 Å². The van der Waals surface area contributed by atoms with E-state index >= 15 is 0 Å². The number of thiophene rings is 1. The minimum absolute atomic E-state index is 0.0313. The zero-order chi connectivity index (χ0) is 13.0. The Morgan fingerprint density at radius 1 is 1.44 bits per heavy atom. The highest BCUT2D eigenvalue weighted by molar-refractivity contribution is 9.10. The standard InChI is InChI=1S/C13H15BrN2OS/c1-10(12-3-2-8-18-12)15-6-7-16-9-11(14)4-5-13(16)17/h2-5,8-10,15H,6-7H2,1H3. The number of hydrogen-bond acceptors (Lipinski definition) is 3. The molecule has 0 bridgehead atoms. The number of nitrogens with one attached hydrogen (secondary N) is 1. The second-order valence-electron chi connectivity index (χ2n) is 4.07. The third kappa shape index (κ3) is 3.54. The van der Waals surface area contributed by atoms with Gasteiger partial charge in [0.1, 0.15) is 0 Å². The lowest BCUT2D eigenvalue weighted by Crippen LogP contribution is -2.27. The van der Waals surface area contributed by atoms with Crippen LogP contribution in [0.1, 0.15) is 17.8 Å². The summed E-state index contributed by atoms with van der Waals surface area (Å²) in [5.74, 6) is 0. The van der Waals surface area contributed by atoms with Crippen molar-refractivity contribution in [3.8, 4) is 0 Å². The average Bonchev–Trinajstić information content (AvgIpc) is 2.87. The van der Waals surface area contributed by atoms with Crippen LogP contribution in [0.4, 0.5) is 0 Å². The van der Waals surface area contributed by atoms with Gasteiger partial charge >= 0.3 is 0 Å². The molecule has 5 heteroatoms. The molecule has 2 rings (SSSR count). The smallest absolute Gasteiger partial charge is 0.250 e. The summed E-state index contributed by atoms with van der Waals surface area (Å²) < 4.78 is 2.63. The second kappa shape index (κ2) is 6.31. The maximum Gasteiger partial charge on any atom is 0.250 e. The molecule has 0 saturated carbocycles. The highest BCUT2D eigenvalue weighted by atomic mass is 79.9. The first kappa shape index (κ1) is 13.5. The molecule has 96 valence electrons. The van der Waals surface area contributed by atoms with Crippen molar-refractivity contribution in [1.29, 1.82) is 0 Å². The van der Waals surface area contributed by atoms with Crippen LogP contribution in [0.2, 0.25) is 0 Å². The van der Waals surface area contributed by atoms with Crippen molar-refractivity contribution in [3.05, 3.63) is 55.5 Å². The van der Waals surface area contributed by atoms with Crippen LogP contribution in [0.3, 0.4) is 0 Å². The van der Waals surface area contributed by atoms with E-state index < -0.39 is 0 Å². The van der Waals surface area contributed by atoms with E-state index in [9.17, 15) is 4.79 Å². The SMILES string of the molecule is CC(NCCn1cc(Br)ccc1=O)c1cccs1. The van der Waals surface area contributed by atoms with E-state index in [1.807, 2.05) is 6.20 Å². The Hall–Kier alpha value is -0.910. The van der Waals surface area contributed by atoms with Crippen molar-refractivity contribution >= 4 is 27.3 Å². The zero-order valence-electron chi connectivity index (χ0n) is 10.1. The number of hydrogen-bond donors (Lipinski definition) is 1. The Morgan fingerprint density at radius 3 is 3.00 bits per heavy atom. The normalized spacial score (nSPS) is 12.6. The molecule has 0 saturated heterocycles. The molecule has 2 aromatic rings. The summed E-state index contributed by atoms with van der Waals surface area (Å²) in [6, 6.07) is 7.84. The van der Waals surface area contributed by atoms with Crippen LogP contribution >= 0.6 is 27.3 Å². The number of halogens is 1. The van der Waals surface area contributed by atoms with E-state index in [0.29, 0.717) is 12.6 Å². The summed E-state index contributed by atoms with van der Waals surface area (Å²) in [5.41, 5.74) is 0.0313. The van der Waals surface area contributed by atoms with Gasteiger partial charge in [-0.25, -0.2) is 0 Å². The van der Waals surface area contributed by atoms with E-state index in [0.717, 1.165) is 11.0 Å². The van der Waals surface area contributed by atoms with Crippen LogP contribution in [-0.4, -0.2) is 11.1 Å². The summed E-state index contributed by atoms with van der Waals surface area (Å²) in [6.45, 7) is 3.58. The van der Waals surface area contributed by atoms with Gasteiger partial charge in [0.05, 0.1) is 0 Å². The first-order chi connectivity index (χ1) is 8.66. The molecule has 0 spiro atoms. The minimum atomic E-state index is 0.0313. The molecule has 2 aromatic heterocycles. The Morgan fingerprint density at radius 2 is 2.28 bits per heavy atom. The lowest BCUT2D eigenvalue weighted by Gasteiger charge is -2.13. The largest absolute Gasteiger partial charge is 0.313 e. The van der Waals surface area contributed by atoms with Gasteiger partial charge in [-0.2, -0.15) is 0 Å². The fourth-order valence-corrected chi connectivity index (χ4v) is 2.85. The maximum absolute atomic E-state index is 11.6. The Labute approximate surface area is 119 Å². The van der Waals surface area contributed by atoms with Gasteiger partial charge in [-0.15, -0.1) is 11.3 Å². The lowest BCUT2D eigenvalue weighted by molar-refractivity contribution is 0.529. The summed E-state index contributed by atoms with van der Waals surface area (Å²) >= 11 is 5.11. The first-order valence-corrected chi connectivity index (χ1v) is 7.47. The number of rotatable bonds is 5. The van der Waals surface area contributed by atoms with Gasteiger partial charge in [0.15, 0.2) is 0 Å². The van der Waals surface area contributed by atoms with Crippen LogP contribution in [-0.2, 0) is 6.54 Å². The molecular weight excluding hydrogens is 312 g/mol. The van der Waals surface area contributed by atoms with Gasteiger partial charge in [0, 0.05) is 40.7 Å². The molecule has 0 aromatic carbocycles. The second-order valence-corrected chi connectivity index (χ2v) is 5.97. The molecule has 1 unspecified atom stereocenters. The van der Waals surface area contributed by atoms with Crippen LogP contribution in [0.25, 0.3) is 0 Å². The predicted octanol–water partition coefficient (Wildman–Crippen LogP) is 3.02. The Kier molecular flexibility index (Phi) is 4.74. The minimum Gasteiger partial charge on any atom is -0.313 e. The molecule has 2 heterocycles. The quantitative estimate of drug-likeness (QED) is 0.916. The number of pyridine rings is 1. The molecule has 1 atom stereocenters. The van der Waals surface area contributed by atoms with Crippen molar-refractivity contribution in [3.63, 3.8) is 0 Å². The number of nitrogens with zero attached hydrogens (tertiary/aromatic N) is 1. The number of aromatic nitrogens is 1. The third-order valence-electron chi connectivity index (χ3n) is 2.72. The maximum atomic E-state index is 11.6. The summed E-state index contributed by atoms with van der Waals surface area (Å²) in [5, 5.41) is 5.49. The molecule has 0 aliphatic heterocycles. The van der Waals surface area contributed by atoms with E-state index in [4.69, 9.17) is 0 Å². The summed E-state index contributed by atoms with van der Waals surface area (Å²) in [7, 11) is 0. The van der Waals surface area contributed by atoms with E-state index in [1.54, 1.807) is 28.0 Å².